The number of carbonyl (C=O) groups is 1. The number of allylic oxidation sites excluding steroid dienone is 1. The van der Waals surface area contributed by atoms with E-state index in [9.17, 15) is 4.79 Å². The first-order valence-electron chi connectivity index (χ1n) is 11.2. The lowest BCUT2D eigenvalue weighted by atomic mass is 10.0. The molecular formula is C27H31N5OS2. The van der Waals surface area contributed by atoms with Gasteiger partial charge in [-0.1, -0.05) is 42.0 Å². The van der Waals surface area contributed by atoms with E-state index in [4.69, 9.17) is 17.2 Å². The number of nitrogens with two attached hydrogens (primary N) is 3. The molecule has 0 spiro atoms. The second-order valence-corrected chi connectivity index (χ2v) is 9.83. The minimum atomic E-state index is -0.200. The molecule has 1 atom stereocenters. The van der Waals surface area contributed by atoms with Crippen LogP contribution in [-0.4, -0.2) is 17.4 Å². The van der Waals surface area contributed by atoms with Gasteiger partial charge in [0, 0.05) is 16.3 Å². The Labute approximate surface area is 215 Å². The monoisotopic (exact) mass is 505 g/mol. The van der Waals surface area contributed by atoms with Crippen molar-refractivity contribution in [1.29, 1.82) is 0 Å². The van der Waals surface area contributed by atoms with Crippen LogP contribution in [0.1, 0.15) is 36.0 Å². The fourth-order valence-corrected chi connectivity index (χ4v) is 4.53. The molecule has 1 heterocycles. The Kier molecular flexibility index (Phi) is 9.45. The second kappa shape index (κ2) is 12.5. The number of fused-ring (bicyclic) bond motifs is 1. The Morgan fingerprint density at radius 1 is 1.06 bits per heavy atom. The highest BCUT2D eigenvalue weighted by atomic mass is 32.1. The van der Waals surface area contributed by atoms with E-state index in [0.717, 1.165) is 44.4 Å². The Morgan fingerprint density at radius 2 is 1.80 bits per heavy atom. The summed E-state index contributed by atoms with van der Waals surface area (Å²) in [6.45, 7) is 4.04. The third-order valence-corrected chi connectivity index (χ3v) is 6.62. The van der Waals surface area contributed by atoms with Gasteiger partial charge in [-0.2, -0.15) is 0 Å². The van der Waals surface area contributed by atoms with Crippen molar-refractivity contribution in [2.45, 2.75) is 31.2 Å². The van der Waals surface area contributed by atoms with Gasteiger partial charge in [-0.05, 0) is 67.8 Å². The fraction of sp³-hybridized carbons (Fsp3) is 0.185. The van der Waals surface area contributed by atoms with Crippen molar-refractivity contribution in [2.24, 2.45) is 17.2 Å². The molecule has 0 fully saturated rings. The highest BCUT2D eigenvalue weighted by Crippen LogP contribution is 2.27. The Bertz CT molecular complexity index is 1290. The van der Waals surface area contributed by atoms with Crippen molar-refractivity contribution in [1.82, 2.24) is 4.98 Å². The van der Waals surface area contributed by atoms with E-state index in [1.807, 2.05) is 56.3 Å². The average Bonchev–Trinajstić information content (AvgIpc) is 3.29. The van der Waals surface area contributed by atoms with Crippen LogP contribution < -0.4 is 22.5 Å². The van der Waals surface area contributed by atoms with E-state index in [1.165, 1.54) is 10.3 Å². The fourth-order valence-electron chi connectivity index (χ4n) is 3.34. The van der Waals surface area contributed by atoms with Gasteiger partial charge in [0.15, 0.2) is 0 Å². The number of anilines is 1. The first-order chi connectivity index (χ1) is 16.8. The SMILES string of the molecule is CC(C)=C(N)c1cccc(CC(N)c2nc3ccccc3s2)c1.NCC(=O)Nc1cccc(S)c1. The van der Waals surface area contributed by atoms with Crippen molar-refractivity contribution >= 4 is 51.5 Å². The molecule has 4 aromatic rings. The van der Waals surface area contributed by atoms with Crippen LogP contribution in [0.5, 0.6) is 0 Å². The number of para-hydroxylation sites is 1. The summed E-state index contributed by atoms with van der Waals surface area (Å²) in [7, 11) is 0. The summed E-state index contributed by atoms with van der Waals surface area (Å²) in [5.41, 5.74) is 23.6. The summed E-state index contributed by atoms with van der Waals surface area (Å²) >= 11 is 5.79. The van der Waals surface area contributed by atoms with Crippen molar-refractivity contribution in [3.05, 3.63) is 94.5 Å². The van der Waals surface area contributed by atoms with Gasteiger partial charge in [0.2, 0.25) is 5.91 Å². The van der Waals surface area contributed by atoms with Gasteiger partial charge in [0.05, 0.1) is 22.8 Å². The van der Waals surface area contributed by atoms with E-state index in [2.05, 4.69) is 41.1 Å². The zero-order valence-electron chi connectivity index (χ0n) is 19.9. The lowest BCUT2D eigenvalue weighted by molar-refractivity contribution is -0.114. The van der Waals surface area contributed by atoms with Gasteiger partial charge in [0.1, 0.15) is 5.01 Å². The summed E-state index contributed by atoms with van der Waals surface area (Å²) in [6.07, 6.45) is 0.754. The summed E-state index contributed by atoms with van der Waals surface area (Å²) in [5, 5.41) is 3.60. The van der Waals surface area contributed by atoms with Crippen LogP contribution in [0.4, 0.5) is 5.69 Å². The summed E-state index contributed by atoms with van der Waals surface area (Å²) in [4.78, 5) is 16.3. The molecule has 1 amide bonds. The number of nitrogens with one attached hydrogen (secondary N) is 1. The molecular weight excluding hydrogens is 474 g/mol. The van der Waals surface area contributed by atoms with Crippen LogP contribution >= 0.6 is 24.0 Å². The van der Waals surface area contributed by atoms with Crippen molar-refractivity contribution < 1.29 is 4.79 Å². The maximum atomic E-state index is 10.8. The summed E-state index contributed by atoms with van der Waals surface area (Å²) < 4.78 is 1.18. The topological polar surface area (TPSA) is 120 Å². The molecule has 182 valence electrons. The van der Waals surface area contributed by atoms with Crippen LogP contribution in [0.2, 0.25) is 0 Å². The van der Waals surface area contributed by atoms with Crippen LogP contribution in [0, 0.1) is 0 Å². The van der Waals surface area contributed by atoms with E-state index in [0.29, 0.717) is 0 Å². The minimum absolute atomic E-state index is 0.00318. The largest absolute Gasteiger partial charge is 0.398 e. The molecule has 8 heteroatoms. The zero-order chi connectivity index (χ0) is 25.4. The van der Waals surface area contributed by atoms with Crippen LogP contribution in [0.15, 0.2) is 83.3 Å². The van der Waals surface area contributed by atoms with Gasteiger partial charge in [-0.25, -0.2) is 4.98 Å². The van der Waals surface area contributed by atoms with E-state index in [-0.39, 0.29) is 18.5 Å². The number of thiazole rings is 1. The number of rotatable bonds is 6. The molecule has 0 bridgehead atoms. The number of hydrogen-bond acceptors (Lipinski definition) is 7. The summed E-state index contributed by atoms with van der Waals surface area (Å²) in [6, 6.07) is 23.5. The van der Waals surface area contributed by atoms with E-state index >= 15 is 0 Å². The quantitative estimate of drug-likeness (QED) is 0.233. The molecule has 0 aliphatic carbocycles. The molecule has 4 rings (SSSR count). The predicted molar refractivity (Wildman–Crippen MR) is 151 cm³/mol. The van der Waals surface area contributed by atoms with Gasteiger partial charge < -0.3 is 22.5 Å². The highest BCUT2D eigenvalue weighted by molar-refractivity contribution is 7.80. The highest BCUT2D eigenvalue weighted by Gasteiger charge is 2.13. The molecule has 0 aliphatic rings. The molecule has 6 nitrogen and oxygen atoms in total. The third kappa shape index (κ3) is 7.66. The molecule has 1 aromatic heterocycles. The summed E-state index contributed by atoms with van der Waals surface area (Å²) in [5.74, 6) is -0.200. The lowest BCUT2D eigenvalue weighted by Crippen LogP contribution is -2.21. The maximum absolute atomic E-state index is 10.8. The third-order valence-electron chi connectivity index (χ3n) is 5.18. The zero-order valence-corrected chi connectivity index (χ0v) is 21.6. The van der Waals surface area contributed by atoms with Crippen LogP contribution in [0.25, 0.3) is 15.9 Å². The van der Waals surface area contributed by atoms with Gasteiger partial charge in [-0.15, -0.1) is 24.0 Å². The Balaban J connectivity index is 0.000000241. The Morgan fingerprint density at radius 3 is 2.49 bits per heavy atom. The van der Waals surface area contributed by atoms with Crippen LogP contribution in [0.3, 0.4) is 0 Å². The first-order valence-corrected chi connectivity index (χ1v) is 12.5. The molecule has 3 aromatic carbocycles. The number of thiol groups is 1. The van der Waals surface area contributed by atoms with E-state index < -0.39 is 0 Å². The standard InChI is InChI=1S/C19H21N3S.C8H10N2OS/c1-12(2)18(21)14-7-5-6-13(10-14)11-15(20)19-22-16-8-3-4-9-17(16)23-19;9-5-8(11)10-6-2-1-3-7(12)4-6/h3-10,15H,11,20-21H2,1-2H3;1-4,12H,5,9H2,(H,10,11). The average molecular weight is 506 g/mol. The maximum Gasteiger partial charge on any atom is 0.238 e. The molecule has 0 aliphatic heterocycles. The molecule has 0 saturated heterocycles. The van der Waals surface area contributed by atoms with Crippen molar-refractivity contribution in [3.8, 4) is 0 Å². The molecule has 0 radical (unpaired) electrons. The van der Waals surface area contributed by atoms with Crippen molar-refractivity contribution in [2.75, 3.05) is 11.9 Å². The molecule has 0 saturated carbocycles. The van der Waals surface area contributed by atoms with Gasteiger partial charge in [0.25, 0.3) is 0 Å². The molecule has 7 N–H and O–H groups in total. The van der Waals surface area contributed by atoms with Gasteiger partial charge >= 0.3 is 0 Å². The lowest BCUT2D eigenvalue weighted by Gasteiger charge is -2.11. The number of carbonyl (C=O) groups excluding carboxylic acids is 1. The number of benzene rings is 3. The second-order valence-electron chi connectivity index (χ2n) is 8.25. The predicted octanol–water partition coefficient (Wildman–Crippen LogP) is 5.12. The number of hydrogen-bond donors (Lipinski definition) is 5. The van der Waals surface area contributed by atoms with Crippen molar-refractivity contribution in [3.63, 3.8) is 0 Å². The minimum Gasteiger partial charge on any atom is -0.398 e. The number of nitrogens with zero attached hydrogens (tertiary/aromatic N) is 1. The number of amides is 1. The molecule has 1 unspecified atom stereocenters. The molecule has 35 heavy (non-hydrogen) atoms. The smallest absolute Gasteiger partial charge is 0.238 e. The Hall–Kier alpha value is -3.17. The van der Waals surface area contributed by atoms with E-state index in [1.54, 1.807) is 23.5 Å². The normalized spacial score (nSPS) is 11.3. The number of aromatic nitrogens is 1. The van der Waals surface area contributed by atoms with Crippen LogP contribution in [-0.2, 0) is 11.2 Å². The van der Waals surface area contributed by atoms with Gasteiger partial charge in [-0.3, -0.25) is 4.79 Å². The first kappa shape index (κ1) is 26.4.